The van der Waals surface area contributed by atoms with Gasteiger partial charge in [-0.25, -0.2) is 0 Å². The summed E-state index contributed by atoms with van der Waals surface area (Å²) in [6.45, 7) is 1.04. The highest BCUT2D eigenvalue weighted by molar-refractivity contribution is 6.31. The lowest BCUT2D eigenvalue weighted by molar-refractivity contribution is -0.919. The molecule has 2 saturated heterocycles. The highest BCUT2D eigenvalue weighted by atomic mass is 35.5. The van der Waals surface area contributed by atoms with Crippen molar-refractivity contribution in [3.8, 4) is 0 Å². The van der Waals surface area contributed by atoms with Crippen LogP contribution in [0.5, 0.6) is 0 Å². The average Bonchev–Trinajstić information content (AvgIpc) is 2.87. The molecule has 4 rings (SSSR count). The Morgan fingerprint density at radius 3 is 1.46 bits per heavy atom. The van der Waals surface area contributed by atoms with Gasteiger partial charge in [-0.05, 0) is 74.2 Å². The van der Waals surface area contributed by atoms with Crippen molar-refractivity contribution in [2.45, 2.75) is 57.0 Å². The summed E-state index contributed by atoms with van der Waals surface area (Å²) >= 11 is 11.9. The SMILES string of the molecule is O=C(Nc1ccc(Cl)cc1)[C@@H]1CCCC[N@@+]1([O-])CCC[N@+]1([O-])CCCC[C@H]1C(=O)Nc1ccc(Cl)cc1. The fourth-order valence-electron chi connectivity index (χ4n) is 5.56. The first-order valence-electron chi connectivity index (χ1n) is 13.0. The van der Waals surface area contributed by atoms with Crippen molar-refractivity contribution < 1.29 is 18.9 Å². The third-order valence-electron chi connectivity index (χ3n) is 7.57. The number of nitrogens with one attached hydrogen (secondary N) is 2. The Balaban J connectivity index is 1.38. The molecule has 2 aliphatic rings. The van der Waals surface area contributed by atoms with Crippen LogP contribution in [0.3, 0.4) is 0 Å². The number of likely N-dealkylation sites (tertiary alicyclic amines) is 2. The molecule has 4 atom stereocenters. The number of halogens is 2. The summed E-state index contributed by atoms with van der Waals surface area (Å²) < 4.78 is -1.28. The van der Waals surface area contributed by atoms with Crippen molar-refractivity contribution in [2.24, 2.45) is 0 Å². The number of benzene rings is 2. The lowest BCUT2D eigenvalue weighted by Crippen LogP contribution is -2.61. The van der Waals surface area contributed by atoms with Crippen molar-refractivity contribution in [3.05, 3.63) is 69.0 Å². The Bertz CT molecular complexity index is 999. The molecular formula is C27H34Cl2N4O4. The second-order valence-corrected chi connectivity index (χ2v) is 11.0. The minimum Gasteiger partial charge on any atom is -0.632 e. The molecule has 0 spiro atoms. The number of hydrogen-bond donors (Lipinski definition) is 2. The van der Waals surface area contributed by atoms with Crippen LogP contribution in [0, 0.1) is 10.4 Å². The molecule has 0 aromatic heterocycles. The third kappa shape index (κ3) is 7.02. The van der Waals surface area contributed by atoms with Gasteiger partial charge in [0, 0.05) is 40.7 Å². The Labute approximate surface area is 227 Å². The Morgan fingerprint density at radius 1 is 0.703 bits per heavy atom. The molecule has 2 fully saturated rings. The van der Waals surface area contributed by atoms with E-state index in [0.717, 1.165) is 25.7 Å². The second-order valence-electron chi connectivity index (χ2n) is 10.2. The molecule has 10 heteroatoms. The van der Waals surface area contributed by atoms with Crippen molar-refractivity contribution in [1.82, 2.24) is 0 Å². The van der Waals surface area contributed by atoms with Crippen LogP contribution in [0.4, 0.5) is 11.4 Å². The van der Waals surface area contributed by atoms with Gasteiger partial charge in [-0.15, -0.1) is 0 Å². The summed E-state index contributed by atoms with van der Waals surface area (Å²) in [5.41, 5.74) is 1.19. The largest absolute Gasteiger partial charge is 0.632 e. The van der Waals surface area contributed by atoms with E-state index < -0.39 is 21.4 Å². The summed E-state index contributed by atoms with van der Waals surface area (Å²) in [6.07, 6.45) is 4.49. The molecule has 0 aliphatic carbocycles. The maximum absolute atomic E-state index is 13.8. The van der Waals surface area contributed by atoms with E-state index in [4.69, 9.17) is 23.2 Å². The van der Waals surface area contributed by atoms with Gasteiger partial charge >= 0.3 is 0 Å². The second kappa shape index (κ2) is 12.1. The predicted molar refractivity (Wildman–Crippen MR) is 147 cm³/mol. The standard InChI is InChI=1S/C27H34Cl2N4O4/c28-20-8-12-22(13-9-20)30-26(34)24-6-1-3-16-32(24,36)18-5-19-33(37)17-4-2-7-25(33)27(35)31-23-14-10-21(29)11-15-23/h8-15,24-25H,1-7,16-19H2,(H,30,34)(H,31,35)/t24-,25-,32+,33+/m0/s1. The van der Waals surface area contributed by atoms with Crippen molar-refractivity contribution >= 4 is 46.4 Å². The summed E-state index contributed by atoms with van der Waals surface area (Å²) in [7, 11) is 0. The Hall–Kier alpha value is -2.20. The van der Waals surface area contributed by atoms with Crippen LogP contribution < -0.4 is 10.6 Å². The van der Waals surface area contributed by atoms with E-state index in [1.54, 1.807) is 48.5 Å². The van der Waals surface area contributed by atoms with Crippen molar-refractivity contribution in [1.29, 1.82) is 0 Å². The van der Waals surface area contributed by atoms with E-state index in [-0.39, 0.29) is 24.9 Å². The fourth-order valence-corrected chi connectivity index (χ4v) is 5.82. The van der Waals surface area contributed by atoms with Crippen LogP contribution in [0.25, 0.3) is 0 Å². The zero-order valence-corrected chi connectivity index (χ0v) is 22.3. The maximum atomic E-state index is 13.8. The van der Waals surface area contributed by atoms with Crippen molar-refractivity contribution in [3.63, 3.8) is 0 Å². The minimum absolute atomic E-state index is 0.173. The number of quaternary nitrogens is 2. The topological polar surface area (TPSA) is 104 Å². The average molecular weight is 549 g/mol. The van der Waals surface area contributed by atoms with Gasteiger partial charge in [-0.3, -0.25) is 9.59 Å². The molecule has 0 saturated carbocycles. The molecule has 8 nitrogen and oxygen atoms in total. The molecule has 37 heavy (non-hydrogen) atoms. The Morgan fingerprint density at radius 2 is 1.08 bits per heavy atom. The molecule has 0 bridgehead atoms. The fraction of sp³-hybridized carbons (Fsp3) is 0.481. The van der Waals surface area contributed by atoms with Crippen LogP contribution in [-0.4, -0.2) is 59.4 Å². The normalized spacial score (nSPS) is 27.9. The lowest BCUT2D eigenvalue weighted by atomic mass is 9.98. The minimum atomic E-state index is -0.727. The van der Waals surface area contributed by atoms with E-state index in [1.807, 2.05) is 0 Å². The van der Waals surface area contributed by atoms with Gasteiger partial charge < -0.3 is 30.3 Å². The number of hydroxylamine groups is 6. The molecule has 2 heterocycles. The quantitative estimate of drug-likeness (QED) is 0.326. The van der Waals surface area contributed by atoms with Gasteiger partial charge in [0.2, 0.25) is 0 Å². The molecule has 2 aromatic rings. The van der Waals surface area contributed by atoms with E-state index in [0.29, 0.717) is 53.8 Å². The predicted octanol–water partition coefficient (Wildman–Crippen LogP) is 5.69. The number of anilines is 2. The van der Waals surface area contributed by atoms with Crippen LogP contribution in [0.15, 0.2) is 48.5 Å². The first kappa shape index (κ1) is 27.8. The lowest BCUT2D eigenvalue weighted by Gasteiger charge is -2.53. The molecule has 2 aromatic carbocycles. The van der Waals surface area contributed by atoms with Gasteiger partial charge in [0.05, 0.1) is 26.2 Å². The number of nitrogens with zero attached hydrogens (tertiary/aromatic N) is 2. The highest BCUT2D eigenvalue weighted by Gasteiger charge is 2.40. The zero-order chi connectivity index (χ0) is 26.5. The number of piperidine rings is 2. The van der Waals surface area contributed by atoms with Gasteiger partial charge in [0.1, 0.15) is 0 Å². The van der Waals surface area contributed by atoms with Gasteiger partial charge in [-0.1, -0.05) is 23.2 Å². The van der Waals surface area contributed by atoms with Crippen LogP contribution in [0.2, 0.25) is 10.0 Å². The van der Waals surface area contributed by atoms with Gasteiger partial charge in [-0.2, -0.15) is 0 Å². The molecule has 2 aliphatic heterocycles. The molecular weight excluding hydrogens is 515 g/mol. The van der Waals surface area contributed by atoms with Crippen LogP contribution >= 0.6 is 23.2 Å². The highest BCUT2D eigenvalue weighted by Crippen LogP contribution is 2.30. The zero-order valence-electron chi connectivity index (χ0n) is 20.8. The van der Waals surface area contributed by atoms with Crippen LogP contribution in [0.1, 0.15) is 44.9 Å². The van der Waals surface area contributed by atoms with E-state index in [9.17, 15) is 20.0 Å². The first-order valence-corrected chi connectivity index (χ1v) is 13.7. The van der Waals surface area contributed by atoms with Gasteiger partial charge in [0.15, 0.2) is 12.1 Å². The molecule has 0 unspecified atom stereocenters. The summed E-state index contributed by atoms with van der Waals surface area (Å²) in [6, 6.07) is 12.1. The summed E-state index contributed by atoms with van der Waals surface area (Å²) in [5.74, 6) is -0.609. The summed E-state index contributed by atoms with van der Waals surface area (Å²) in [4.78, 5) is 26.1. The van der Waals surface area contributed by atoms with Crippen molar-refractivity contribution in [2.75, 3.05) is 36.8 Å². The monoisotopic (exact) mass is 548 g/mol. The molecule has 0 radical (unpaired) electrons. The summed E-state index contributed by atoms with van der Waals surface area (Å²) in [5, 5.41) is 34.5. The Kier molecular flexibility index (Phi) is 9.11. The third-order valence-corrected chi connectivity index (χ3v) is 8.07. The first-order chi connectivity index (χ1) is 17.7. The van der Waals surface area contributed by atoms with E-state index >= 15 is 0 Å². The number of carbonyl (C=O) groups is 2. The molecule has 2 N–H and O–H groups in total. The van der Waals surface area contributed by atoms with Crippen LogP contribution in [-0.2, 0) is 9.59 Å². The van der Waals surface area contributed by atoms with E-state index in [1.165, 1.54) is 0 Å². The van der Waals surface area contributed by atoms with Gasteiger partial charge in [0.25, 0.3) is 11.8 Å². The maximum Gasteiger partial charge on any atom is 0.283 e. The smallest absolute Gasteiger partial charge is 0.283 e. The molecule has 200 valence electrons. The molecule has 2 amide bonds. The number of hydrogen-bond acceptors (Lipinski definition) is 4. The number of rotatable bonds is 8. The van der Waals surface area contributed by atoms with E-state index in [2.05, 4.69) is 10.6 Å². The number of amides is 2. The number of carbonyl (C=O) groups excluding carboxylic acids is 2.